The van der Waals surface area contributed by atoms with Gasteiger partial charge in [0.25, 0.3) is 0 Å². The van der Waals surface area contributed by atoms with Crippen LogP contribution in [0, 0.1) is 0 Å². The molecule has 0 bridgehead atoms. The number of benzene rings is 2. The highest BCUT2D eigenvalue weighted by molar-refractivity contribution is 7.85. The Labute approximate surface area is 178 Å². The second-order valence-electron chi connectivity index (χ2n) is 6.81. The zero-order valence-electron chi connectivity index (χ0n) is 16.7. The number of carbonyl (C=O) groups excluding carboxylic acids is 2. The lowest BCUT2D eigenvalue weighted by Crippen LogP contribution is -2.42. The Bertz CT molecular complexity index is 874. The number of amides is 2. The normalized spacial score (nSPS) is 13.6. The van der Waals surface area contributed by atoms with E-state index in [4.69, 9.17) is 0 Å². The predicted molar refractivity (Wildman–Crippen MR) is 114 cm³/mol. The first-order valence-electron chi connectivity index (χ1n) is 9.66. The fourth-order valence-electron chi connectivity index (χ4n) is 2.80. The molecule has 0 aliphatic rings. The zero-order chi connectivity index (χ0) is 21.9. The van der Waals surface area contributed by atoms with E-state index in [9.17, 15) is 23.7 Å². The Hall–Kier alpha value is -3.00. The highest BCUT2D eigenvalue weighted by Crippen LogP contribution is 2.11. The van der Waals surface area contributed by atoms with E-state index in [1.807, 2.05) is 37.3 Å². The standard InChI is InChI=1S/C22H26N2O5S/c1-16(17-8-4-2-5-9-17)23-20(25)12-13-21(26)24-19(22(27)28)14-15-30(29)18-10-6-3-7-11-18/h2-11,16,19H,12-15H2,1H3,(H,23,25)(H,24,26)(H,27,28)/t16-,19-,30-/m1/s1. The van der Waals surface area contributed by atoms with Crippen molar-refractivity contribution in [3.63, 3.8) is 0 Å². The molecule has 0 unspecified atom stereocenters. The summed E-state index contributed by atoms with van der Waals surface area (Å²) in [6.45, 7) is 1.85. The van der Waals surface area contributed by atoms with E-state index in [0.717, 1.165) is 5.56 Å². The third kappa shape index (κ3) is 7.79. The molecule has 2 amide bonds. The maximum Gasteiger partial charge on any atom is 0.326 e. The van der Waals surface area contributed by atoms with Gasteiger partial charge in [-0.1, -0.05) is 48.5 Å². The topological polar surface area (TPSA) is 113 Å². The van der Waals surface area contributed by atoms with Crippen molar-refractivity contribution >= 4 is 28.6 Å². The van der Waals surface area contributed by atoms with E-state index < -0.39 is 28.7 Å². The van der Waals surface area contributed by atoms with Gasteiger partial charge in [0.1, 0.15) is 6.04 Å². The van der Waals surface area contributed by atoms with Crippen molar-refractivity contribution in [2.24, 2.45) is 0 Å². The van der Waals surface area contributed by atoms with Crippen molar-refractivity contribution < 1.29 is 23.7 Å². The van der Waals surface area contributed by atoms with Crippen LogP contribution in [0.3, 0.4) is 0 Å². The molecule has 0 aliphatic heterocycles. The molecule has 2 rings (SSSR count). The molecule has 2 aromatic carbocycles. The van der Waals surface area contributed by atoms with Crippen LogP contribution in [-0.4, -0.2) is 38.9 Å². The van der Waals surface area contributed by atoms with Crippen LogP contribution in [0.2, 0.25) is 0 Å². The molecule has 7 nitrogen and oxygen atoms in total. The van der Waals surface area contributed by atoms with Gasteiger partial charge in [-0.05, 0) is 31.0 Å². The minimum absolute atomic E-state index is 0.0276. The number of aliphatic carboxylic acids is 1. The summed E-state index contributed by atoms with van der Waals surface area (Å²) in [4.78, 5) is 36.2. The Morgan fingerprint density at radius 3 is 2.00 bits per heavy atom. The lowest BCUT2D eigenvalue weighted by molar-refractivity contribution is -0.141. The molecular weight excluding hydrogens is 404 g/mol. The van der Waals surface area contributed by atoms with E-state index in [1.54, 1.807) is 30.3 Å². The van der Waals surface area contributed by atoms with Gasteiger partial charge >= 0.3 is 5.97 Å². The molecule has 8 heteroatoms. The summed E-state index contributed by atoms with van der Waals surface area (Å²) in [6.07, 6.45) is -0.149. The zero-order valence-corrected chi connectivity index (χ0v) is 17.6. The quantitative estimate of drug-likeness (QED) is 0.507. The SMILES string of the molecule is C[C@@H](NC(=O)CCC(=O)N[C@H](CC[S@@](=O)c1ccccc1)C(=O)O)c1ccccc1. The molecule has 160 valence electrons. The van der Waals surface area contributed by atoms with E-state index in [-0.39, 0.29) is 37.0 Å². The number of hydrogen-bond donors (Lipinski definition) is 3. The van der Waals surface area contributed by atoms with Crippen molar-refractivity contribution in [2.45, 2.75) is 43.2 Å². The van der Waals surface area contributed by atoms with Crippen LogP contribution in [0.25, 0.3) is 0 Å². The largest absolute Gasteiger partial charge is 0.480 e. The molecule has 30 heavy (non-hydrogen) atoms. The third-order valence-corrected chi connectivity index (χ3v) is 5.89. The lowest BCUT2D eigenvalue weighted by Gasteiger charge is -2.16. The van der Waals surface area contributed by atoms with Gasteiger partial charge in [0, 0.05) is 23.5 Å². The second-order valence-corrected chi connectivity index (χ2v) is 8.38. The summed E-state index contributed by atoms with van der Waals surface area (Å²) in [5.74, 6) is -1.92. The molecule has 0 saturated carbocycles. The van der Waals surface area contributed by atoms with Gasteiger partial charge in [-0.3, -0.25) is 13.8 Å². The van der Waals surface area contributed by atoms with Crippen molar-refractivity contribution in [1.29, 1.82) is 0 Å². The minimum atomic E-state index is -1.35. The van der Waals surface area contributed by atoms with Crippen LogP contribution >= 0.6 is 0 Å². The van der Waals surface area contributed by atoms with Crippen LogP contribution < -0.4 is 10.6 Å². The van der Waals surface area contributed by atoms with Gasteiger partial charge < -0.3 is 15.7 Å². The van der Waals surface area contributed by atoms with Gasteiger partial charge in [0.2, 0.25) is 11.8 Å². The molecule has 0 radical (unpaired) electrons. The summed E-state index contributed by atoms with van der Waals surface area (Å²) >= 11 is 0. The average Bonchev–Trinajstić information content (AvgIpc) is 2.76. The lowest BCUT2D eigenvalue weighted by atomic mass is 10.1. The molecule has 0 fully saturated rings. The molecule has 3 N–H and O–H groups in total. The Balaban J connectivity index is 1.77. The van der Waals surface area contributed by atoms with Gasteiger partial charge in [0.15, 0.2) is 0 Å². The van der Waals surface area contributed by atoms with Gasteiger partial charge in [-0.2, -0.15) is 0 Å². The fourth-order valence-corrected chi connectivity index (χ4v) is 3.95. The van der Waals surface area contributed by atoms with E-state index in [1.165, 1.54) is 0 Å². The van der Waals surface area contributed by atoms with Crippen molar-refractivity contribution in [3.05, 3.63) is 66.2 Å². The van der Waals surface area contributed by atoms with Crippen LogP contribution in [0.15, 0.2) is 65.6 Å². The molecule has 0 aliphatic carbocycles. The smallest absolute Gasteiger partial charge is 0.326 e. The Morgan fingerprint density at radius 2 is 1.43 bits per heavy atom. The molecular formula is C22H26N2O5S. The number of nitrogens with one attached hydrogen (secondary N) is 2. The van der Waals surface area contributed by atoms with Crippen LogP contribution in [0.4, 0.5) is 0 Å². The maximum atomic E-state index is 12.2. The number of carbonyl (C=O) groups is 3. The van der Waals surface area contributed by atoms with E-state index in [0.29, 0.717) is 4.90 Å². The molecule has 3 atom stereocenters. The maximum absolute atomic E-state index is 12.2. The monoisotopic (exact) mass is 430 g/mol. The van der Waals surface area contributed by atoms with Gasteiger partial charge in [-0.25, -0.2) is 4.79 Å². The highest BCUT2D eigenvalue weighted by Gasteiger charge is 2.21. The van der Waals surface area contributed by atoms with Crippen LogP contribution in [-0.2, 0) is 25.2 Å². The minimum Gasteiger partial charge on any atom is -0.480 e. The highest BCUT2D eigenvalue weighted by atomic mass is 32.2. The first-order valence-corrected chi connectivity index (χ1v) is 11.0. The Morgan fingerprint density at radius 1 is 0.900 bits per heavy atom. The van der Waals surface area contributed by atoms with Crippen molar-refractivity contribution in [1.82, 2.24) is 10.6 Å². The summed E-state index contributed by atoms with van der Waals surface area (Å²) in [6, 6.07) is 16.8. The average molecular weight is 431 g/mol. The Kier molecular flexibility index (Phi) is 9.21. The molecule has 0 spiro atoms. The van der Waals surface area contributed by atoms with Crippen molar-refractivity contribution in [3.8, 4) is 0 Å². The molecule has 0 heterocycles. The molecule has 0 saturated heterocycles. The summed E-state index contributed by atoms with van der Waals surface area (Å²) in [7, 11) is -1.35. The number of carboxylic acid groups (broad SMARTS) is 1. The van der Waals surface area contributed by atoms with Crippen LogP contribution in [0.1, 0.15) is 37.8 Å². The number of carboxylic acids is 1. The predicted octanol–water partition coefficient (Wildman–Crippen LogP) is 2.41. The number of hydrogen-bond acceptors (Lipinski definition) is 4. The van der Waals surface area contributed by atoms with Crippen LogP contribution in [0.5, 0.6) is 0 Å². The summed E-state index contributed by atoms with van der Waals surface area (Å²) in [5.41, 5.74) is 0.952. The molecule has 0 aromatic heterocycles. The first-order chi connectivity index (χ1) is 14.4. The molecule has 2 aromatic rings. The first kappa shape index (κ1) is 23.3. The van der Waals surface area contributed by atoms with E-state index >= 15 is 0 Å². The third-order valence-electron chi connectivity index (χ3n) is 4.49. The van der Waals surface area contributed by atoms with Gasteiger partial charge in [0.05, 0.1) is 16.8 Å². The number of rotatable bonds is 11. The summed E-state index contributed by atoms with van der Waals surface area (Å²) < 4.78 is 12.2. The van der Waals surface area contributed by atoms with Gasteiger partial charge in [-0.15, -0.1) is 0 Å². The van der Waals surface area contributed by atoms with E-state index in [2.05, 4.69) is 10.6 Å². The summed E-state index contributed by atoms with van der Waals surface area (Å²) in [5, 5.41) is 14.6. The fraction of sp³-hybridized carbons (Fsp3) is 0.318. The second kappa shape index (κ2) is 11.9. The van der Waals surface area contributed by atoms with Crippen molar-refractivity contribution in [2.75, 3.05) is 5.75 Å².